The second kappa shape index (κ2) is 5.00. The number of hydrogen-bond acceptors (Lipinski definition) is 3. The smallest absolute Gasteiger partial charge is 0.188 e. The molecule has 2 nitrogen and oxygen atoms in total. The highest BCUT2D eigenvalue weighted by Gasteiger charge is 2.12. The van der Waals surface area contributed by atoms with Crippen molar-refractivity contribution in [3.8, 4) is 0 Å². The van der Waals surface area contributed by atoms with Crippen molar-refractivity contribution in [1.82, 2.24) is 4.98 Å². The van der Waals surface area contributed by atoms with Crippen molar-refractivity contribution in [1.29, 1.82) is 0 Å². The minimum atomic E-state index is -0.745. The minimum Gasteiger partial charge on any atom is -0.328 e. The second-order valence-electron chi connectivity index (χ2n) is 4.36. The Hall–Kier alpha value is -1.72. The molecule has 1 aromatic heterocycles. The number of hydrogen-bond donors (Lipinski definition) is 1. The zero-order valence-corrected chi connectivity index (χ0v) is 11.9. The molecule has 0 fully saturated rings. The molecule has 0 amide bonds. The molecule has 1 N–H and O–H groups in total. The molecule has 0 radical (unpaired) electrons. The molecule has 0 aliphatic heterocycles. The summed E-state index contributed by atoms with van der Waals surface area (Å²) in [5.41, 5.74) is 1.96. The molecule has 0 unspecified atom stereocenters. The molecule has 0 saturated carbocycles. The Balaban J connectivity index is 2.01. The summed E-state index contributed by atoms with van der Waals surface area (Å²) in [5, 5.41) is 3.31. The summed E-state index contributed by atoms with van der Waals surface area (Å²) in [5.74, 6) is -1.46. The van der Waals surface area contributed by atoms with Crippen molar-refractivity contribution < 1.29 is 8.78 Å². The number of fused-ring (bicyclic) bond motifs is 1. The molecule has 3 rings (SSSR count). The van der Waals surface area contributed by atoms with Crippen LogP contribution in [0.25, 0.3) is 10.2 Å². The van der Waals surface area contributed by atoms with E-state index in [-0.39, 0.29) is 10.7 Å². The molecule has 102 valence electrons. The monoisotopic (exact) mass is 310 g/mol. The number of nitrogens with one attached hydrogen (secondary N) is 1. The van der Waals surface area contributed by atoms with Crippen molar-refractivity contribution in [3.05, 3.63) is 52.6 Å². The van der Waals surface area contributed by atoms with Crippen molar-refractivity contribution in [2.45, 2.75) is 6.92 Å². The van der Waals surface area contributed by atoms with Crippen LogP contribution >= 0.6 is 22.9 Å². The van der Waals surface area contributed by atoms with Crippen molar-refractivity contribution >= 4 is 44.0 Å². The largest absolute Gasteiger partial charge is 0.328 e. The van der Waals surface area contributed by atoms with E-state index < -0.39 is 11.6 Å². The molecule has 2 aromatic carbocycles. The SMILES string of the molecule is Cc1ccc2sc(Nc3c(F)cc(F)cc3Cl)nc2c1. The van der Waals surface area contributed by atoms with Gasteiger partial charge >= 0.3 is 0 Å². The predicted molar refractivity (Wildman–Crippen MR) is 79.0 cm³/mol. The molecule has 0 saturated heterocycles. The summed E-state index contributed by atoms with van der Waals surface area (Å²) in [7, 11) is 0. The van der Waals surface area contributed by atoms with Gasteiger partial charge in [-0.2, -0.15) is 0 Å². The summed E-state index contributed by atoms with van der Waals surface area (Å²) in [6.45, 7) is 1.97. The zero-order valence-electron chi connectivity index (χ0n) is 10.4. The fourth-order valence-corrected chi connectivity index (χ4v) is 2.95. The summed E-state index contributed by atoms with van der Waals surface area (Å²) in [6, 6.07) is 7.72. The lowest BCUT2D eigenvalue weighted by molar-refractivity contribution is 0.586. The average Bonchev–Trinajstić information content (AvgIpc) is 2.75. The van der Waals surface area contributed by atoms with E-state index in [9.17, 15) is 8.78 Å². The topological polar surface area (TPSA) is 24.9 Å². The van der Waals surface area contributed by atoms with Gasteiger partial charge < -0.3 is 5.32 Å². The Bertz CT molecular complexity index is 778. The first-order chi connectivity index (χ1) is 9.52. The third kappa shape index (κ3) is 2.46. The van der Waals surface area contributed by atoms with E-state index in [4.69, 9.17) is 11.6 Å². The molecule has 20 heavy (non-hydrogen) atoms. The maximum absolute atomic E-state index is 13.7. The van der Waals surface area contributed by atoms with Gasteiger partial charge in [-0.1, -0.05) is 29.0 Å². The number of benzene rings is 2. The lowest BCUT2D eigenvalue weighted by Crippen LogP contribution is -1.95. The molecular formula is C14H9ClF2N2S. The van der Waals surface area contributed by atoms with Crippen molar-refractivity contribution in [2.24, 2.45) is 0 Å². The van der Waals surface area contributed by atoms with Gasteiger partial charge in [0.1, 0.15) is 5.82 Å². The van der Waals surface area contributed by atoms with Crippen molar-refractivity contribution in [2.75, 3.05) is 5.32 Å². The van der Waals surface area contributed by atoms with Crippen LogP contribution in [0.5, 0.6) is 0 Å². The molecule has 0 bridgehead atoms. The average molecular weight is 311 g/mol. The molecular weight excluding hydrogens is 302 g/mol. The zero-order chi connectivity index (χ0) is 14.3. The highest BCUT2D eigenvalue weighted by Crippen LogP contribution is 2.33. The van der Waals surface area contributed by atoms with E-state index in [0.29, 0.717) is 5.13 Å². The Kier molecular flexibility index (Phi) is 3.31. The fraction of sp³-hybridized carbons (Fsp3) is 0.0714. The number of halogens is 3. The van der Waals surface area contributed by atoms with Gasteiger partial charge in [-0.15, -0.1) is 0 Å². The van der Waals surface area contributed by atoms with Gasteiger partial charge in [-0.3, -0.25) is 0 Å². The van der Waals surface area contributed by atoms with Crippen molar-refractivity contribution in [3.63, 3.8) is 0 Å². The van der Waals surface area contributed by atoms with Crippen LogP contribution in [-0.2, 0) is 0 Å². The van der Waals surface area contributed by atoms with Crippen LogP contribution in [0.2, 0.25) is 5.02 Å². The van der Waals surface area contributed by atoms with Crippen LogP contribution in [-0.4, -0.2) is 4.98 Å². The van der Waals surface area contributed by atoms with E-state index >= 15 is 0 Å². The Labute approximate surface area is 123 Å². The van der Waals surface area contributed by atoms with Crippen LogP contribution in [0.1, 0.15) is 5.56 Å². The summed E-state index contributed by atoms with van der Waals surface area (Å²) < 4.78 is 27.7. The summed E-state index contributed by atoms with van der Waals surface area (Å²) in [4.78, 5) is 4.36. The Morgan fingerprint density at radius 1 is 1.20 bits per heavy atom. The van der Waals surface area contributed by atoms with E-state index in [0.717, 1.165) is 27.9 Å². The number of rotatable bonds is 2. The Morgan fingerprint density at radius 3 is 2.75 bits per heavy atom. The fourth-order valence-electron chi connectivity index (χ4n) is 1.86. The van der Waals surface area contributed by atoms with E-state index in [1.54, 1.807) is 0 Å². The minimum absolute atomic E-state index is 0.0158. The number of anilines is 2. The summed E-state index contributed by atoms with van der Waals surface area (Å²) in [6.07, 6.45) is 0. The molecule has 0 aliphatic carbocycles. The summed E-state index contributed by atoms with van der Waals surface area (Å²) >= 11 is 7.22. The third-order valence-electron chi connectivity index (χ3n) is 2.78. The van der Waals surface area contributed by atoms with Crippen LogP contribution in [0, 0.1) is 18.6 Å². The standard InChI is InChI=1S/C14H9ClF2N2S/c1-7-2-3-12-11(4-7)18-14(20-12)19-13-9(15)5-8(16)6-10(13)17/h2-6H,1H3,(H,18,19). The van der Waals surface area contributed by atoms with Gasteiger partial charge in [-0.25, -0.2) is 13.8 Å². The lowest BCUT2D eigenvalue weighted by Gasteiger charge is -2.06. The third-order valence-corrected chi connectivity index (χ3v) is 4.03. The second-order valence-corrected chi connectivity index (χ2v) is 5.80. The van der Waals surface area contributed by atoms with E-state index in [1.165, 1.54) is 11.3 Å². The number of thiazole rings is 1. The van der Waals surface area contributed by atoms with Crippen LogP contribution in [0.15, 0.2) is 30.3 Å². The lowest BCUT2D eigenvalue weighted by atomic mass is 10.2. The highest BCUT2D eigenvalue weighted by atomic mass is 35.5. The number of aromatic nitrogens is 1. The first-order valence-corrected chi connectivity index (χ1v) is 7.01. The Morgan fingerprint density at radius 2 is 2.00 bits per heavy atom. The van der Waals surface area contributed by atoms with Crippen LogP contribution < -0.4 is 5.32 Å². The number of aryl methyl sites for hydroxylation is 1. The van der Waals surface area contributed by atoms with Gasteiger partial charge in [0.25, 0.3) is 0 Å². The molecule has 0 spiro atoms. The maximum atomic E-state index is 13.7. The highest BCUT2D eigenvalue weighted by molar-refractivity contribution is 7.22. The molecule has 0 aliphatic rings. The van der Waals surface area contributed by atoms with Crippen LogP contribution in [0.3, 0.4) is 0 Å². The van der Waals surface area contributed by atoms with Gasteiger partial charge in [0, 0.05) is 6.07 Å². The normalized spacial score (nSPS) is 11.0. The van der Waals surface area contributed by atoms with Gasteiger partial charge in [-0.05, 0) is 30.7 Å². The van der Waals surface area contributed by atoms with Gasteiger partial charge in [0.05, 0.1) is 20.9 Å². The molecule has 1 heterocycles. The van der Waals surface area contributed by atoms with Gasteiger partial charge in [0.2, 0.25) is 0 Å². The first-order valence-electron chi connectivity index (χ1n) is 5.82. The molecule has 0 atom stereocenters. The first kappa shape index (κ1) is 13.3. The van der Waals surface area contributed by atoms with E-state index in [1.807, 2.05) is 25.1 Å². The number of nitrogens with zero attached hydrogens (tertiary/aromatic N) is 1. The maximum Gasteiger partial charge on any atom is 0.188 e. The quantitative estimate of drug-likeness (QED) is 0.696. The molecule has 6 heteroatoms. The predicted octanol–water partition coefficient (Wildman–Crippen LogP) is 5.28. The van der Waals surface area contributed by atoms with E-state index in [2.05, 4.69) is 10.3 Å². The molecule has 3 aromatic rings. The van der Waals surface area contributed by atoms with Crippen LogP contribution in [0.4, 0.5) is 19.6 Å². The van der Waals surface area contributed by atoms with Gasteiger partial charge in [0.15, 0.2) is 10.9 Å².